The second-order valence-corrected chi connectivity index (χ2v) is 8.41. The number of carbonyl (C=O) groups is 4. The van der Waals surface area contributed by atoms with Crippen molar-refractivity contribution in [3.05, 3.63) is 18.2 Å². The van der Waals surface area contributed by atoms with E-state index < -0.39 is 47.9 Å². The number of aromatic amines is 1. The molecule has 33 heavy (non-hydrogen) atoms. The second kappa shape index (κ2) is 14.5. The maximum absolute atomic E-state index is 12.8. The number of thiol groups is 1. The van der Waals surface area contributed by atoms with Crippen LogP contribution in [0.5, 0.6) is 0 Å². The maximum Gasteiger partial charge on any atom is 0.326 e. The lowest BCUT2D eigenvalue weighted by molar-refractivity contribution is -0.142. The lowest BCUT2D eigenvalue weighted by Gasteiger charge is -2.26. The number of carbonyl (C=O) groups excluding carboxylic acids is 3. The Hall–Kier alpha value is -2.64. The maximum atomic E-state index is 12.8. The Morgan fingerprint density at radius 2 is 1.76 bits per heavy atom. The molecule has 0 aliphatic heterocycles. The summed E-state index contributed by atoms with van der Waals surface area (Å²) in [5.41, 5.74) is 12.0. The molecule has 9 N–H and O–H groups in total. The molecule has 3 amide bonds. The van der Waals surface area contributed by atoms with Gasteiger partial charge < -0.3 is 37.5 Å². The zero-order valence-electron chi connectivity index (χ0n) is 18.9. The average molecular weight is 486 g/mol. The highest BCUT2D eigenvalue weighted by Crippen LogP contribution is 2.07. The van der Waals surface area contributed by atoms with Gasteiger partial charge in [0, 0.05) is 24.1 Å². The van der Waals surface area contributed by atoms with Gasteiger partial charge in [-0.1, -0.05) is 13.8 Å². The van der Waals surface area contributed by atoms with Crippen molar-refractivity contribution >= 4 is 36.3 Å². The fraction of sp³-hybridized carbons (Fsp3) is 0.650. The molecule has 1 heterocycles. The summed E-state index contributed by atoms with van der Waals surface area (Å²) >= 11 is 4.12. The normalized spacial score (nSPS) is 14.7. The van der Waals surface area contributed by atoms with Crippen LogP contribution < -0.4 is 27.4 Å². The largest absolute Gasteiger partial charge is 0.480 e. The Bertz CT molecular complexity index is 775. The van der Waals surface area contributed by atoms with E-state index in [0.29, 0.717) is 25.1 Å². The van der Waals surface area contributed by atoms with Gasteiger partial charge in [-0.25, -0.2) is 9.78 Å². The fourth-order valence-corrected chi connectivity index (χ4v) is 3.26. The third-order valence-electron chi connectivity index (χ3n) is 4.96. The van der Waals surface area contributed by atoms with Gasteiger partial charge >= 0.3 is 5.97 Å². The molecular formula is C20H35N7O5S. The van der Waals surface area contributed by atoms with Crippen LogP contribution in [0.2, 0.25) is 0 Å². The van der Waals surface area contributed by atoms with E-state index in [2.05, 4.69) is 38.5 Å². The van der Waals surface area contributed by atoms with Crippen LogP contribution in [0.4, 0.5) is 0 Å². The van der Waals surface area contributed by atoms with Crippen LogP contribution in [-0.4, -0.2) is 75.2 Å². The van der Waals surface area contributed by atoms with E-state index in [4.69, 9.17) is 11.5 Å². The third kappa shape index (κ3) is 9.80. The van der Waals surface area contributed by atoms with Crippen LogP contribution >= 0.6 is 12.6 Å². The van der Waals surface area contributed by atoms with E-state index in [-0.39, 0.29) is 24.5 Å². The molecule has 4 atom stereocenters. The van der Waals surface area contributed by atoms with Gasteiger partial charge in [-0.2, -0.15) is 12.6 Å². The second-order valence-electron chi connectivity index (χ2n) is 8.05. The van der Waals surface area contributed by atoms with Crippen LogP contribution in [0, 0.1) is 5.92 Å². The Labute approximate surface area is 198 Å². The van der Waals surface area contributed by atoms with Crippen LogP contribution in [0.15, 0.2) is 12.5 Å². The first kappa shape index (κ1) is 28.4. The number of H-pyrrole nitrogens is 1. The van der Waals surface area contributed by atoms with Crippen molar-refractivity contribution < 1.29 is 24.3 Å². The zero-order chi connectivity index (χ0) is 25.0. The number of rotatable bonds is 15. The van der Waals surface area contributed by atoms with E-state index in [9.17, 15) is 24.3 Å². The van der Waals surface area contributed by atoms with Crippen molar-refractivity contribution in [2.24, 2.45) is 17.4 Å². The van der Waals surface area contributed by atoms with Crippen LogP contribution in [-0.2, 0) is 25.6 Å². The quantitative estimate of drug-likeness (QED) is 0.108. The van der Waals surface area contributed by atoms with Gasteiger partial charge in [0.05, 0.1) is 12.4 Å². The molecule has 0 aliphatic rings. The first-order valence-electron chi connectivity index (χ1n) is 10.8. The molecule has 0 spiro atoms. The molecule has 0 saturated carbocycles. The molecule has 1 aromatic heterocycles. The summed E-state index contributed by atoms with van der Waals surface area (Å²) in [6, 6.07) is -4.06. The van der Waals surface area contributed by atoms with E-state index in [1.165, 1.54) is 6.33 Å². The number of imidazole rings is 1. The number of aliphatic carboxylic acids is 1. The summed E-state index contributed by atoms with van der Waals surface area (Å²) in [5, 5.41) is 17.0. The number of unbranched alkanes of at least 4 members (excludes halogenated alkanes) is 1. The van der Waals surface area contributed by atoms with Gasteiger partial charge in [0.15, 0.2) is 0 Å². The van der Waals surface area contributed by atoms with Crippen molar-refractivity contribution in [1.82, 2.24) is 25.9 Å². The summed E-state index contributed by atoms with van der Waals surface area (Å²) in [6.07, 6.45) is 4.61. The topological polar surface area (TPSA) is 205 Å². The van der Waals surface area contributed by atoms with Gasteiger partial charge in [-0.15, -0.1) is 0 Å². The molecule has 1 aromatic rings. The van der Waals surface area contributed by atoms with Crippen molar-refractivity contribution in [1.29, 1.82) is 0 Å². The molecule has 0 fully saturated rings. The first-order valence-corrected chi connectivity index (χ1v) is 11.4. The summed E-state index contributed by atoms with van der Waals surface area (Å²) in [4.78, 5) is 56.1. The summed E-state index contributed by atoms with van der Waals surface area (Å²) < 4.78 is 0. The lowest BCUT2D eigenvalue weighted by atomic mass is 10.0. The minimum atomic E-state index is -1.17. The molecule has 0 aliphatic carbocycles. The zero-order valence-corrected chi connectivity index (χ0v) is 19.8. The first-order chi connectivity index (χ1) is 15.6. The number of carboxylic acids is 1. The molecule has 186 valence electrons. The van der Waals surface area contributed by atoms with E-state index in [1.54, 1.807) is 20.0 Å². The van der Waals surface area contributed by atoms with Gasteiger partial charge in [0.1, 0.15) is 18.1 Å². The molecule has 4 unspecified atom stereocenters. The van der Waals surface area contributed by atoms with Gasteiger partial charge in [-0.05, 0) is 31.7 Å². The molecule has 0 radical (unpaired) electrons. The fourth-order valence-electron chi connectivity index (χ4n) is 3.00. The number of amides is 3. The molecule has 0 bridgehead atoms. The molecule has 12 nitrogen and oxygen atoms in total. The number of nitrogens with one attached hydrogen (secondary N) is 4. The Morgan fingerprint density at radius 1 is 1.09 bits per heavy atom. The van der Waals surface area contributed by atoms with E-state index >= 15 is 0 Å². The number of carboxylic acid groups (broad SMARTS) is 1. The minimum absolute atomic E-state index is 0.0301. The van der Waals surface area contributed by atoms with E-state index in [0.717, 1.165) is 0 Å². The van der Waals surface area contributed by atoms with Gasteiger partial charge in [0.25, 0.3) is 0 Å². The number of hydrogen-bond donors (Lipinski definition) is 8. The van der Waals surface area contributed by atoms with Crippen molar-refractivity contribution in [2.45, 2.75) is 63.7 Å². The van der Waals surface area contributed by atoms with Crippen LogP contribution in [0.1, 0.15) is 38.8 Å². The summed E-state index contributed by atoms with van der Waals surface area (Å²) in [6.45, 7) is 3.85. The average Bonchev–Trinajstić information content (AvgIpc) is 3.27. The molecule has 0 saturated heterocycles. The Kier molecular flexibility index (Phi) is 12.5. The molecular weight excluding hydrogens is 450 g/mol. The van der Waals surface area contributed by atoms with Crippen LogP contribution in [0.3, 0.4) is 0 Å². The Morgan fingerprint density at radius 3 is 2.27 bits per heavy atom. The number of hydrogen-bond acceptors (Lipinski definition) is 8. The van der Waals surface area contributed by atoms with Crippen molar-refractivity contribution in [2.75, 3.05) is 12.3 Å². The highest BCUT2D eigenvalue weighted by atomic mass is 32.1. The van der Waals surface area contributed by atoms with Gasteiger partial charge in [0.2, 0.25) is 17.7 Å². The predicted molar refractivity (Wildman–Crippen MR) is 125 cm³/mol. The molecule has 1 rings (SSSR count). The van der Waals surface area contributed by atoms with Gasteiger partial charge in [-0.3, -0.25) is 14.4 Å². The summed E-state index contributed by atoms with van der Waals surface area (Å²) in [7, 11) is 0. The van der Waals surface area contributed by atoms with Crippen molar-refractivity contribution in [3.8, 4) is 0 Å². The van der Waals surface area contributed by atoms with Crippen molar-refractivity contribution in [3.63, 3.8) is 0 Å². The minimum Gasteiger partial charge on any atom is -0.480 e. The Balaban J connectivity index is 2.74. The highest BCUT2D eigenvalue weighted by molar-refractivity contribution is 7.80. The molecule has 13 heteroatoms. The van der Waals surface area contributed by atoms with E-state index in [1.807, 2.05) is 0 Å². The lowest BCUT2D eigenvalue weighted by Crippen LogP contribution is -2.59. The SMILES string of the molecule is CC(C)C(NC(=O)C(CS)NC(=O)C(N)Cc1cnc[nH]1)C(=O)NC(CCCCN)C(=O)O. The monoisotopic (exact) mass is 485 g/mol. The highest BCUT2D eigenvalue weighted by Gasteiger charge is 2.31. The number of aromatic nitrogens is 2. The summed E-state index contributed by atoms with van der Waals surface area (Å²) in [5.74, 6) is -3.35. The van der Waals surface area contributed by atoms with Crippen LogP contribution in [0.25, 0.3) is 0 Å². The number of nitrogens with zero attached hydrogens (tertiary/aromatic N) is 1. The predicted octanol–water partition coefficient (Wildman–Crippen LogP) is -1.47. The third-order valence-corrected chi connectivity index (χ3v) is 5.32. The molecule has 0 aromatic carbocycles. The number of nitrogens with two attached hydrogens (primary N) is 2. The standard InChI is InChI=1S/C20H35N7O5S/c1-11(2)16(19(30)25-14(20(31)32)5-3-4-6-21)27-18(29)15(9-33)26-17(28)13(22)7-12-8-23-10-24-12/h8,10-11,13-16,33H,3-7,9,21-22H2,1-2H3,(H,23,24)(H,25,30)(H,26,28)(H,27,29)(H,31,32). The smallest absolute Gasteiger partial charge is 0.326 e.